The fourth-order valence-corrected chi connectivity index (χ4v) is 4.89. The molecule has 3 aromatic carbocycles. The number of halogens is 1. The number of anilines is 3. The summed E-state index contributed by atoms with van der Waals surface area (Å²) in [5, 5.41) is 18.1. The molecule has 3 atom stereocenters. The molecular weight excluding hydrogens is 573 g/mol. The predicted molar refractivity (Wildman–Crippen MR) is 161 cm³/mol. The van der Waals surface area contributed by atoms with E-state index in [-0.39, 0.29) is 49.6 Å². The maximum atomic E-state index is 13.7. The zero-order valence-electron chi connectivity index (χ0n) is 24.5. The maximum absolute atomic E-state index is 13.7. The van der Waals surface area contributed by atoms with Crippen LogP contribution in [0.5, 0.6) is 17.2 Å². The third-order valence-corrected chi connectivity index (χ3v) is 7.45. The summed E-state index contributed by atoms with van der Waals surface area (Å²) in [7, 11) is 1.61. The van der Waals surface area contributed by atoms with Crippen molar-refractivity contribution in [1.82, 2.24) is 9.80 Å². The zero-order chi connectivity index (χ0) is 31.4. The summed E-state index contributed by atoms with van der Waals surface area (Å²) in [6.07, 6.45) is -0.535. The van der Waals surface area contributed by atoms with Gasteiger partial charge in [0, 0.05) is 42.6 Å². The first-order valence-corrected chi connectivity index (χ1v) is 14.1. The molecule has 0 spiro atoms. The topological polar surface area (TPSA) is 142 Å². The molecule has 5 amide bonds. The Hall–Kier alpha value is -5.04. The number of likely N-dealkylation sites (N-methyl/N-ethyl adjacent to an activating group) is 1. The second kappa shape index (κ2) is 13.1. The lowest BCUT2D eigenvalue weighted by molar-refractivity contribution is 0.0371. The molecule has 4 N–H and O–H groups in total. The minimum absolute atomic E-state index is 0.112. The number of fused-ring (bicyclic) bond motifs is 2. The van der Waals surface area contributed by atoms with Gasteiger partial charge in [0.2, 0.25) is 6.79 Å². The molecule has 2 aliphatic rings. The van der Waals surface area contributed by atoms with Crippen molar-refractivity contribution in [2.24, 2.45) is 5.92 Å². The van der Waals surface area contributed by atoms with E-state index in [1.165, 1.54) is 35.2 Å². The van der Waals surface area contributed by atoms with E-state index in [1.807, 2.05) is 6.92 Å². The van der Waals surface area contributed by atoms with Gasteiger partial charge in [-0.3, -0.25) is 4.79 Å². The Morgan fingerprint density at radius 3 is 2.32 bits per heavy atom. The number of nitrogens with zero attached hydrogens (tertiary/aromatic N) is 2. The first kappa shape index (κ1) is 30.4. The number of amides is 5. The summed E-state index contributed by atoms with van der Waals surface area (Å²) in [6, 6.07) is 13.7. The molecular formula is C31H34FN5O7. The van der Waals surface area contributed by atoms with Crippen molar-refractivity contribution in [3.05, 3.63) is 72.0 Å². The van der Waals surface area contributed by atoms with E-state index in [1.54, 1.807) is 49.2 Å². The molecule has 2 heterocycles. The lowest BCUT2D eigenvalue weighted by Crippen LogP contribution is -2.50. The van der Waals surface area contributed by atoms with Gasteiger partial charge in [0.15, 0.2) is 11.5 Å². The highest BCUT2D eigenvalue weighted by Gasteiger charge is 2.34. The molecule has 0 aromatic heterocycles. The van der Waals surface area contributed by atoms with Crippen molar-refractivity contribution in [1.29, 1.82) is 0 Å². The van der Waals surface area contributed by atoms with Crippen LogP contribution in [0.3, 0.4) is 0 Å². The van der Waals surface area contributed by atoms with Gasteiger partial charge in [-0.2, -0.15) is 0 Å². The monoisotopic (exact) mass is 607 g/mol. The summed E-state index contributed by atoms with van der Waals surface area (Å²) >= 11 is 0. The van der Waals surface area contributed by atoms with Crippen LogP contribution in [0.1, 0.15) is 24.2 Å². The van der Waals surface area contributed by atoms with Crippen LogP contribution in [0.2, 0.25) is 0 Å². The Morgan fingerprint density at radius 1 is 0.977 bits per heavy atom. The summed E-state index contributed by atoms with van der Waals surface area (Å²) in [5.74, 6) is 0.376. The molecule has 13 heteroatoms. The summed E-state index contributed by atoms with van der Waals surface area (Å²) < 4.78 is 30.2. The third kappa shape index (κ3) is 6.94. The summed E-state index contributed by atoms with van der Waals surface area (Å²) in [4.78, 5) is 42.4. The minimum Gasteiger partial charge on any atom is -0.487 e. The zero-order valence-corrected chi connectivity index (χ0v) is 24.5. The largest absolute Gasteiger partial charge is 0.487 e. The molecule has 0 aliphatic carbocycles. The summed E-state index contributed by atoms with van der Waals surface area (Å²) in [6.45, 7) is 3.92. The van der Waals surface area contributed by atoms with E-state index in [2.05, 4.69) is 16.0 Å². The van der Waals surface area contributed by atoms with E-state index >= 15 is 0 Å². The van der Waals surface area contributed by atoms with Gasteiger partial charge in [-0.05, 0) is 61.5 Å². The molecule has 3 aromatic rings. The van der Waals surface area contributed by atoms with Gasteiger partial charge in [0.1, 0.15) is 17.7 Å². The number of carbonyl (C=O) groups excluding carboxylic acids is 3. The lowest BCUT2D eigenvalue weighted by Gasteiger charge is -2.38. The molecule has 0 saturated heterocycles. The Balaban J connectivity index is 1.33. The number of rotatable bonds is 7. The van der Waals surface area contributed by atoms with Gasteiger partial charge < -0.3 is 45.1 Å². The molecule has 2 aliphatic heterocycles. The quantitative estimate of drug-likeness (QED) is 0.308. The molecule has 0 unspecified atom stereocenters. The van der Waals surface area contributed by atoms with Gasteiger partial charge in [-0.15, -0.1) is 0 Å². The van der Waals surface area contributed by atoms with Gasteiger partial charge in [0.25, 0.3) is 5.91 Å². The van der Waals surface area contributed by atoms with Crippen LogP contribution in [-0.2, 0) is 0 Å². The highest BCUT2D eigenvalue weighted by atomic mass is 19.1. The van der Waals surface area contributed by atoms with Crippen molar-refractivity contribution < 1.29 is 38.1 Å². The number of hydrogen-bond acceptors (Lipinski definition) is 7. The van der Waals surface area contributed by atoms with E-state index < -0.39 is 30.0 Å². The van der Waals surface area contributed by atoms with Gasteiger partial charge in [0.05, 0.1) is 24.8 Å². The highest BCUT2D eigenvalue weighted by Crippen LogP contribution is 2.34. The first-order chi connectivity index (χ1) is 21.1. The van der Waals surface area contributed by atoms with Crippen LogP contribution in [0.4, 0.5) is 31.0 Å². The second-order valence-electron chi connectivity index (χ2n) is 10.8. The van der Waals surface area contributed by atoms with E-state index in [0.717, 1.165) is 0 Å². The number of aliphatic hydroxyl groups is 1. The van der Waals surface area contributed by atoms with E-state index in [4.69, 9.17) is 14.2 Å². The molecule has 0 radical (unpaired) electrons. The van der Waals surface area contributed by atoms with Crippen LogP contribution >= 0.6 is 0 Å². The normalized spacial score (nSPS) is 17.8. The first-order valence-electron chi connectivity index (χ1n) is 14.1. The maximum Gasteiger partial charge on any atom is 0.323 e. The number of benzene rings is 3. The standard InChI is InChI=1S/C31H34FN5O7/c1-18-14-37(19(2)16-38)29(39)24-12-22(33-30(40)34-23-9-11-26-27(13-23)43-17-42-26)8-10-25(24)44-28(18)15-36(3)31(41)35-21-6-4-20(32)5-7-21/h4-13,18-19,28,38H,14-17H2,1-3H3,(H,35,41)(H2,33,34,40)/t18-,19-,28+/m1/s1. The average Bonchev–Trinajstić information content (AvgIpc) is 3.48. The summed E-state index contributed by atoms with van der Waals surface area (Å²) in [5.41, 5.74) is 1.47. The average molecular weight is 608 g/mol. The molecule has 0 fully saturated rings. The number of ether oxygens (including phenoxy) is 3. The van der Waals surface area contributed by atoms with Crippen LogP contribution in [0.25, 0.3) is 0 Å². The van der Waals surface area contributed by atoms with Crippen LogP contribution in [-0.4, -0.2) is 78.6 Å². The van der Waals surface area contributed by atoms with Crippen LogP contribution < -0.4 is 30.2 Å². The highest BCUT2D eigenvalue weighted by molar-refractivity contribution is 6.02. The second-order valence-corrected chi connectivity index (χ2v) is 10.8. The van der Waals surface area contributed by atoms with Crippen molar-refractivity contribution in [2.75, 3.05) is 49.5 Å². The molecule has 44 heavy (non-hydrogen) atoms. The van der Waals surface area contributed by atoms with Crippen molar-refractivity contribution in [3.63, 3.8) is 0 Å². The van der Waals surface area contributed by atoms with Crippen molar-refractivity contribution >= 4 is 35.0 Å². The number of carbonyl (C=O) groups is 3. The Morgan fingerprint density at radius 2 is 1.61 bits per heavy atom. The SMILES string of the molecule is C[C@@H]1CN([C@H](C)CO)C(=O)c2cc(NC(=O)Nc3ccc4c(c3)OCO4)ccc2O[C@H]1CN(C)C(=O)Nc1ccc(F)cc1. The van der Waals surface area contributed by atoms with E-state index in [9.17, 15) is 23.9 Å². The van der Waals surface area contributed by atoms with Crippen molar-refractivity contribution in [2.45, 2.75) is 26.0 Å². The third-order valence-electron chi connectivity index (χ3n) is 7.45. The number of nitrogens with one attached hydrogen (secondary N) is 3. The van der Waals surface area contributed by atoms with Gasteiger partial charge >= 0.3 is 12.1 Å². The van der Waals surface area contributed by atoms with Gasteiger partial charge in [-0.25, -0.2) is 14.0 Å². The van der Waals surface area contributed by atoms with E-state index in [0.29, 0.717) is 28.6 Å². The number of hydrogen-bond donors (Lipinski definition) is 4. The minimum atomic E-state index is -0.538. The molecule has 232 valence electrons. The Bertz CT molecular complexity index is 1540. The van der Waals surface area contributed by atoms with Crippen LogP contribution in [0, 0.1) is 11.7 Å². The predicted octanol–water partition coefficient (Wildman–Crippen LogP) is 4.58. The Labute approximate surface area is 253 Å². The fraction of sp³-hybridized carbons (Fsp3) is 0.323. The van der Waals surface area contributed by atoms with Crippen LogP contribution in [0.15, 0.2) is 60.7 Å². The molecule has 0 bridgehead atoms. The fourth-order valence-electron chi connectivity index (χ4n) is 4.89. The Kier molecular flexibility index (Phi) is 9.04. The molecule has 0 saturated carbocycles. The smallest absolute Gasteiger partial charge is 0.323 e. The lowest BCUT2D eigenvalue weighted by atomic mass is 9.99. The molecule has 5 rings (SSSR count). The van der Waals surface area contributed by atoms with Gasteiger partial charge in [-0.1, -0.05) is 6.92 Å². The number of aliphatic hydroxyl groups excluding tert-OH is 1. The molecule has 12 nitrogen and oxygen atoms in total. The number of urea groups is 2. The van der Waals surface area contributed by atoms with Crippen molar-refractivity contribution in [3.8, 4) is 17.2 Å².